The molecule has 2 rings (SSSR count). The summed E-state index contributed by atoms with van der Waals surface area (Å²) in [6.07, 6.45) is 0. The zero-order valence-electron chi connectivity index (χ0n) is 12.6. The van der Waals surface area contributed by atoms with Gasteiger partial charge in [0, 0.05) is 32.2 Å². The van der Waals surface area contributed by atoms with Crippen LogP contribution in [0.2, 0.25) is 0 Å². The van der Waals surface area contributed by atoms with Gasteiger partial charge in [-0.1, -0.05) is 26.0 Å². The Labute approximate surface area is 121 Å². The average molecular weight is 276 g/mol. The molecule has 0 aromatic heterocycles. The lowest BCUT2D eigenvalue weighted by Gasteiger charge is -2.38. The largest absolute Gasteiger partial charge is 0.465 e. The van der Waals surface area contributed by atoms with Crippen molar-refractivity contribution in [2.24, 2.45) is 5.92 Å². The molecule has 1 atom stereocenters. The van der Waals surface area contributed by atoms with Crippen LogP contribution < -0.4 is 5.32 Å². The summed E-state index contributed by atoms with van der Waals surface area (Å²) in [7, 11) is 1.41. The molecule has 0 amide bonds. The second-order valence-corrected chi connectivity index (χ2v) is 5.67. The summed E-state index contributed by atoms with van der Waals surface area (Å²) in [6, 6.07) is 8.29. The first-order valence-corrected chi connectivity index (χ1v) is 7.24. The lowest BCUT2D eigenvalue weighted by molar-refractivity contribution is 0.0600. The van der Waals surface area contributed by atoms with Crippen LogP contribution in [0.1, 0.15) is 29.8 Å². The van der Waals surface area contributed by atoms with E-state index in [2.05, 4.69) is 24.1 Å². The Kier molecular flexibility index (Phi) is 5.15. The van der Waals surface area contributed by atoms with Crippen molar-refractivity contribution in [3.63, 3.8) is 0 Å². The van der Waals surface area contributed by atoms with E-state index in [1.165, 1.54) is 12.7 Å². The molecule has 110 valence electrons. The summed E-state index contributed by atoms with van der Waals surface area (Å²) in [6.45, 7) is 8.64. The molecule has 0 saturated carbocycles. The van der Waals surface area contributed by atoms with Crippen LogP contribution in [0.5, 0.6) is 0 Å². The maximum Gasteiger partial charge on any atom is 0.337 e. The number of carbonyl (C=O) groups excluding carboxylic acids is 1. The lowest BCUT2D eigenvalue weighted by atomic mass is 9.99. The fraction of sp³-hybridized carbons (Fsp3) is 0.562. The summed E-state index contributed by atoms with van der Waals surface area (Å²) in [5.41, 5.74) is 1.85. The van der Waals surface area contributed by atoms with E-state index >= 15 is 0 Å². The molecule has 0 radical (unpaired) electrons. The zero-order chi connectivity index (χ0) is 14.5. The zero-order valence-corrected chi connectivity index (χ0v) is 12.6. The summed E-state index contributed by atoms with van der Waals surface area (Å²) < 4.78 is 4.72. The molecule has 1 heterocycles. The molecule has 1 aromatic rings. The Morgan fingerprint density at radius 1 is 1.40 bits per heavy atom. The van der Waals surface area contributed by atoms with Crippen molar-refractivity contribution < 1.29 is 9.53 Å². The minimum Gasteiger partial charge on any atom is -0.465 e. The van der Waals surface area contributed by atoms with Crippen molar-refractivity contribution >= 4 is 5.97 Å². The molecule has 4 nitrogen and oxygen atoms in total. The number of methoxy groups -OCH3 is 1. The third-order valence-corrected chi connectivity index (χ3v) is 3.93. The summed E-state index contributed by atoms with van der Waals surface area (Å²) in [5, 5.41) is 3.46. The number of ether oxygens (including phenoxy) is 1. The molecule has 0 spiro atoms. The Balaban J connectivity index is 2.03. The molecule has 1 aliphatic rings. The highest BCUT2D eigenvalue weighted by atomic mass is 16.5. The summed E-state index contributed by atoms with van der Waals surface area (Å²) >= 11 is 0. The third kappa shape index (κ3) is 3.58. The van der Waals surface area contributed by atoms with Gasteiger partial charge in [-0.05, 0) is 23.6 Å². The van der Waals surface area contributed by atoms with E-state index < -0.39 is 0 Å². The van der Waals surface area contributed by atoms with E-state index in [4.69, 9.17) is 4.74 Å². The van der Waals surface area contributed by atoms with Crippen LogP contribution in [-0.2, 0) is 11.3 Å². The van der Waals surface area contributed by atoms with Gasteiger partial charge in [-0.15, -0.1) is 0 Å². The fourth-order valence-corrected chi connectivity index (χ4v) is 2.72. The Morgan fingerprint density at radius 2 is 2.10 bits per heavy atom. The number of benzene rings is 1. The predicted octanol–water partition coefficient (Wildman–Crippen LogP) is 1.90. The Bertz CT molecular complexity index is 442. The predicted molar refractivity (Wildman–Crippen MR) is 79.7 cm³/mol. The number of carbonyl (C=O) groups is 1. The first-order valence-electron chi connectivity index (χ1n) is 7.24. The van der Waals surface area contributed by atoms with E-state index in [0.717, 1.165) is 26.2 Å². The molecule has 1 fully saturated rings. The molecular weight excluding hydrogens is 252 g/mol. The Hall–Kier alpha value is -1.39. The van der Waals surface area contributed by atoms with Crippen molar-refractivity contribution in [1.29, 1.82) is 0 Å². The number of piperazine rings is 1. The number of esters is 1. The van der Waals surface area contributed by atoms with Crippen LogP contribution in [0.4, 0.5) is 0 Å². The average Bonchev–Trinajstić information content (AvgIpc) is 2.47. The third-order valence-electron chi connectivity index (χ3n) is 3.93. The van der Waals surface area contributed by atoms with Crippen LogP contribution >= 0.6 is 0 Å². The van der Waals surface area contributed by atoms with Gasteiger partial charge >= 0.3 is 5.97 Å². The van der Waals surface area contributed by atoms with Crippen molar-refractivity contribution in [3.8, 4) is 0 Å². The van der Waals surface area contributed by atoms with Crippen molar-refractivity contribution in [1.82, 2.24) is 10.2 Å². The topological polar surface area (TPSA) is 41.6 Å². The van der Waals surface area contributed by atoms with E-state index in [1.807, 2.05) is 24.3 Å². The number of rotatable bonds is 4. The van der Waals surface area contributed by atoms with Crippen molar-refractivity contribution in [2.45, 2.75) is 26.4 Å². The standard InChI is InChI=1S/C16H24N2O2/c1-12(2)15-10-17-8-9-18(15)11-13-4-6-14(7-5-13)16(19)20-3/h4-7,12,15,17H,8-11H2,1-3H3/t15-/m0/s1. The smallest absolute Gasteiger partial charge is 0.337 e. The monoisotopic (exact) mass is 276 g/mol. The van der Waals surface area contributed by atoms with Gasteiger partial charge in [0.05, 0.1) is 12.7 Å². The SMILES string of the molecule is COC(=O)c1ccc(CN2CCNC[C@H]2C(C)C)cc1. The minimum absolute atomic E-state index is 0.279. The van der Waals surface area contributed by atoms with Gasteiger partial charge in [0.2, 0.25) is 0 Å². The second kappa shape index (κ2) is 6.86. The van der Waals surface area contributed by atoms with Crippen molar-refractivity contribution in [2.75, 3.05) is 26.7 Å². The molecule has 20 heavy (non-hydrogen) atoms. The van der Waals surface area contributed by atoms with Gasteiger partial charge < -0.3 is 10.1 Å². The number of hydrogen-bond donors (Lipinski definition) is 1. The van der Waals surface area contributed by atoms with Gasteiger partial charge in [0.15, 0.2) is 0 Å². The van der Waals surface area contributed by atoms with Crippen LogP contribution in [0, 0.1) is 5.92 Å². The van der Waals surface area contributed by atoms with Gasteiger partial charge in [-0.3, -0.25) is 4.90 Å². The van der Waals surface area contributed by atoms with Gasteiger partial charge in [-0.25, -0.2) is 4.79 Å². The van der Waals surface area contributed by atoms with E-state index in [0.29, 0.717) is 17.5 Å². The molecule has 0 unspecified atom stereocenters. The maximum atomic E-state index is 11.4. The van der Waals surface area contributed by atoms with Crippen LogP contribution in [-0.4, -0.2) is 43.7 Å². The van der Waals surface area contributed by atoms with Crippen molar-refractivity contribution in [3.05, 3.63) is 35.4 Å². The van der Waals surface area contributed by atoms with E-state index in [9.17, 15) is 4.79 Å². The first-order chi connectivity index (χ1) is 9.61. The molecule has 0 bridgehead atoms. The number of nitrogens with one attached hydrogen (secondary N) is 1. The van der Waals surface area contributed by atoms with Gasteiger partial charge in [0.25, 0.3) is 0 Å². The molecule has 0 aliphatic carbocycles. The highest BCUT2D eigenvalue weighted by Gasteiger charge is 2.24. The molecule has 1 saturated heterocycles. The Morgan fingerprint density at radius 3 is 2.70 bits per heavy atom. The fourth-order valence-electron chi connectivity index (χ4n) is 2.72. The highest BCUT2D eigenvalue weighted by molar-refractivity contribution is 5.89. The van der Waals surface area contributed by atoms with Crippen LogP contribution in [0.25, 0.3) is 0 Å². The normalized spacial score (nSPS) is 20.1. The molecule has 1 aromatic carbocycles. The minimum atomic E-state index is -0.279. The molecular formula is C16H24N2O2. The number of nitrogens with zero attached hydrogens (tertiary/aromatic N) is 1. The summed E-state index contributed by atoms with van der Waals surface area (Å²) in [5.74, 6) is 0.357. The summed E-state index contributed by atoms with van der Waals surface area (Å²) in [4.78, 5) is 13.9. The second-order valence-electron chi connectivity index (χ2n) is 5.67. The molecule has 1 N–H and O–H groups in total. The van der Waals surface area contributed by atoms with E-state index in [-0.39, 0.29) is 5.97 Å². The maximum absolute atomic E-state index is 11.4. The number of hydrogen-bond acceptors (Lipinski definition) is 4. The molecule has 1 aliphatic heterocycles. The first kappa shape index (κ1) is 15.0. The lowest BCUT2D eigenvalue weighted by Crippen LogP contribution is -2.52. The van der Waals surface area contributed by atoms with Gasteiger partial charge in [0.1, 0.15) is 0 Å². The van der Waals surface area contributed by atoms with E-state index in [1.54, 1.807) is 0 Å². The quantitative estimate of drug-likeness (QED) is 0.853. The van der Waals surface area contributed by atoms with Crippen LogP contribution in [0.3, 0.4) is 0 Å². The highest BCUT2D eigenvalue weighted by Crippen LogP contribution is 2.17. The van der Waals surface area contributed by atoms with Gasteiger partial charge in [-0.2, -0.15) is 0 Å². The van der Waals surface area contributed by atoms with Crippen LogP contribution in [0.15, 0.2) is 24.3 Å². The molecule has 4 heteroatoms.